The fourth-order valence-corrected chi connectivity index (χ4v) is 3.50. The zero-order valence-corrected chi connectivity index (χ0v) is 11.7. The van der Waals surface area contributed by atoms with Crippen molar-refractivity contribution >= 4 is 11.9 Å². The summed E-state index contributed by atoms with van der Waals surface area (Å²) >= 11 is 0. The fourth-order valence-electron chi connectivity index (χ4n) is 3.50. The largest absolute Gasteiger partial charge is 0.481 e. The summed E-state index contributed by atoms with van der Waals surface area (Å²) in [5, 5.41) is 12.0. The van der Waals surface area contributed by atoms with Crippen LogP contribution in [0.5, 0.6) is 0 Å². The molecule has 2 aliphatic rings. The molecular weight excluding hydrogens is 242 g/mol. The Hall–Kier alpha value is -1.06. The molecule has 4 nitrogen and oxygen atoms in total. The number of rotatable bonds is 4. The van der Waals surface area contributed by atoms with Gasteiger partial charge in [-0.1, -0.05) is 19.8 Å². The van der Waals surface area contributed by atoms with Crippen LogP contribution in [0, 0.1) is 23.7 Å². The molecule has 2 unspecified atom stereocenters. The molecule has 0 spiro atoms. The molecule has 108 valence electrons. The average molecular weight is 267 g/mol. The van der Waals surface area contributed by atoms with Gasteiger partial charge in [-0.25, -0.2) is 0 Å². The van der Waals surface area contributed by atoms with Crippen molar-refractivity contribution in [3.63, 3.8) is 0 Å². The van der Waals surface area contributed by atoms with Crippen LogP contribution in [0.2, 0.25) is 0 Å². The predicted molar refractivity (Wildman–Crippen MR) is 72.6 cm³/mol. The normalized spacial score (nSPS) is 35.0. The van der Waals surface area contributed by atoms with E-state index in [2.05, 4.69) is 12.2 Å². The quantitative estimate of drug-likeness (QED) is 0.822. The summed E-state index contributed by atoms with van der Waals surface area (Å²) < 4.78 is 0. The lowest BCUT2D eigenvalue weighted by molar-refractivity contribution is -0.144. The predicted octanol–water partition coefficient (Wildman–Crippen LogP) is 2.43. The molecule has 0 saturated heterocycles. The second-order valence-electron chi connectivity index (χ2n) is 6.30. The maximum absolute atomic E-state index is 12.1. The first-order valence-electron chi connectivity index (χ1n) is 7.58. The lowest BCUT2D eigenvalue weighted by atomic mass is 9.81. The highest BCUT2D eigenvalue weighted by Gasteiger charge is 2.30. The summed E-state index contributed by atoms with van der Waals surface area (Å²) in [6, 6.07) is 0. The molecule has 1 amide bonds. The molecule has 2 N–H and O–H groups in total. The molecule has 0 aromatic heterocycles. The Labute approximate surface area is 115 Å². The summed E-state index contributed by atoms with van der Waals surface area (Å²) in [6.07, 6.45) is 6.54. The van der Waals surface area contributed by atoms with Crippen molar-refractivity contribution in [1.29, 1.82) is 0 Å². The smallest absolute Gasteiger partial charge is 0.306 e. The van der Waals surface area contributed by atoms with Gasteiger partial charge in [-0.15, -0.1) is 0 Å². The molecule has 2 rings (SSSR count). The van der Waals surface area contributed by atoms with Crippen LogP contribution in [0.4, 0.5) is 0 Å². The van der Waals surface area contributed by atoms with E-state index in [1.165, 1.54) is 19.3 Å². The molecule has 0 radical (unpaired) electrons. The van der Waals surface area contributed by atoms with E-state index < -0.39 is 5.97 Å². The minimum atomic E-state index is -0.710. The highest BCUT2D eigenvalue weighted by molar-refractivity contribution is 5.79. The van der Waals surface area contributed by atoms with Gasteiger partial charge in [0.05, 0.1) is 5.92 Å². The molecule has 0 heterocycles. The maximum Gasteiger partial charge on any atom is 0.306 e. The maximum atomic E-state index is 12.1. The Morgan fingerprint density at radius 3 is 2.21 bits per heavy atom. The van der Waals surface area contributed by atoms with Crippen LogP contribution in [0.3, 0.4) is 0 Å². The summed E-state index contributed by atoms with van der Waals surface area (Å²) in [6.45, 7) is 3.07. The number of hydrogen-bond donors (Lipinski definition) is 2. The number of carbonyl (C=O) groups excluding carboxylic acids is 1. The Bertz CT molecular complexity index is 334. The molecule has 19 heavy (non-hydrogen) atoms. The third-order valence-electron chi connectivity index (χ3n) is 5.02. The average Bonchev–Trinajstić information content (AvgIpc) is 2.81. The number of nitrogens with one attached hydrogen (secondary N) is 1. The first kappa shape index (κ1) is 14.4. The van der Waals surface area contributed by atoms with Crippen molar-refractivity contribution in [2.45, 2.75) is 51.9 Å². The van der Waals surface area contributed by atoms with Gasteiger partial charge in [0.25, 0.3) is 0 Å². The van der Waals surface area contributed by atoms with Crippen molar-refractivity contribution < 1.29 is 14.7 Å². The van der Waals surface area contributed by atoms with Gasteiger partial charge in [0.15, 0.2) is 0 Å². The van der Waals surface area contributed by atoms with Crippen LogP contribution in [0.1, 0.15) is 51.9 Å². The fraction of sp³-hybridized carbons (Fsp3) is 0.867. The molecule has 0 aromatic carbocycles. The zero-order chi connectivity index (χ0) is 13.8. The molecule has 0 aliphatic heterocycles. The van der Waals surface area contributed by atoms with Gasteiger partial charge in [-0.3, -0.25) is 9.59 Å². The second kappa shape index (κ2) is 6.40. The van der Waals surface area contributed by atoms with Crippen molar-refractivity contribution in [3.05, 3.63) is 0 Å². The van der Waals surface area contributed by atoms with E-state index in [4.69, 9.17) is 5.11 Å². The van der Waals surface area contributed by atoms with Crippen LogP contribution in [-0.4, -0.2) is 23.5 Å². The standard InChI is InChI=1S/C15H25NO3/c1-10-3-2-4-13(10)9-16-14(17)11-5-7-12(8-6-11)15(18)19/h10-13H,2-9H2,1H3,(H,16,17)(H,18,19). The van der Waals surface area contributed by atoms with Gasteiger partial charge in [0.2, 0.25) is 5.91 Å². The number of carbonyl (C=O) groups is 2. The van der Waals surface area contributed by atoms with Gasteiger partial charge in [0, 0.05) is 12.5 Å². The summed E-state index contributed by atoms with van der Waals surface area (Å²) in [7, 11) is 0. The Morgan fingerprint density at radius 2 is 1.68 bits per heavy atom. The Balaban J connectivity index is 1.71. The molecule has 2 atom stereocenters. The van der Waals surface area contributed by atoms with E-state index in [0.717, 1.165) is 25.3 Å². The first-order chi connectivity index (χ1) is 9.08. The SMILES string of the molecule is CC1CCCC1CNC(=O)C1CCC(C(=O)O)CC1. The number of amides is 1. The number of carboxylic acid groups (broad SMARTS) is 1. The van der Waals surface area contributed by atoms with Gasteiger partial charge in [-0.2, -0.15) is 0 Å². The van der Waals surface area contributed by atoms with Gasteiger partial charge < -0.3 is 10.4 Å². The third-order valence-corrected chi connectivity index (χ3v) is 5.02. The van der Waals surface area contributed by atoms with Gasteiger partial charge in [-0.05, 0) is 43.9 Å². The van der Waals surface area contributed by atoms with Gasteiger partial charge in [0.1, 0.15) is 0 Å². The van der Waals surface area contributed by atoms with Gasteiger partial charge >= 0.3 is 5.97 Å². The Morgan fingerprint density at radius 1 is 1.05 bits per heavy atom. The molecule has 2 fully saturated rings. The zero-order valence-electron chi connectivity index (χ0n) is 11.7. The van der Waals surface area contributed by atoms with E-state index in [1.807, 2.05) is 0 Å². The number of hydrogen-bond acceptors (Lipinski definition) is 2. The second-order valence-corrected chi connectivity index (χ2v) is 6.30. The number of aliphatic carboxylic acids is 1. The first-order valence-corrected chi connectivity index (χ1v) is 7.58. The lowest BCUT2D eigenvalue weighted by Gasteiger charge is -2.26. The van der Waals surface area contributed by atoms with E-state index in [9.17, 15) is 9.59 Å². The third kappa shape index (κ3) is 3.71. The molecule has 4 heteroatoms. The van der Waals surface area contributed by atoms with Crippen molar-refractivity contribution in [3.8, 4) is 0 Å². The summed E-state index contributed by atoms with van der Waals surface area (Å²) in [5.41, 5.74) is 0. The summed E-state index contributed by atoms with van der Waals surface area (Å²) in [5.74, 6) is 0.593. The van der Waals surface area contributed by atoms with Crippen molar-refractivity contribution in [2.24, 2.45) is 23.7 Å². The van der Waals surface area contributed by atoms with Crippen LogP contribution in [0.15, 0.2) is 0 Å². The lowest BCUT2D eigenvalue weighted by Crippen LogP contribution is -2.37. The van der Waals surface area contributed by atoms with Crippen LogP contribution in [-0.2, 0) is 9.59 Å². The topological polar surface area (TPSA) is 66.4 Å². The minimum absolute atomic E-state index is 0.0345. The van der Waals surface area contributed by atoms with Crippen molar-refractivity contribution in [2.75, 3.05) is 6.54 Å². The van der Waals surface area contributed by atoms with Crippen LogP contribution < -0.4 is 5.32 Å². The molecule has 2 aliphatic carbocycles. The van der Waals surface area contributed by atoms with E-state index in [-0.39, 0.29) is 17.7 Å². The molecule has 2 saturated carbocycles. The minimum Gasteiger partial charge on any atom is -0.481 e. The monoisotopic (exact) mass is 267 g/mol. The van der Waals surface area contributed by atoms with E-state index >= 15 is 0 Å². The molecule has 0 bridgehead atoms. The van der Waals surface area contributed by atoms with Crippen LogP contribution in [0.25, 0.3) is 0 Å². The highest BCUT2D eigenvalue weighted by Crippen LogP contribution is 2.31. The van der Waals surface area contributed by atoms with E-state index in [0.29, 0.717) is 18.8 Å². The summed E-state index contributed by atoms with van der Waals surface area (Å²) in [4.78, 5) is 22.9. The van der Waals surface area contributed by atoms with E-state index in [1.54, 1.807) is 0 Å². The number of carboxylic acids is 1. The highest BCUT2D eigenvalue weighted by atomic mass is 16.4. The Kier molecular flexibility index (Phi) is 4.83. The van der Waals surface area contributed by atoms with Crippen molar-refractivity contribution in [1.82, 2.24) is 5.32 Å². The molecular formula is C15H25NO3. The molecule has 0 aromatic rings. The van der Waals surface area contributed by atoms with Crippen LogP contribution >= 0.6 is 0 Å².